The Bertz CT molecular complexity index is 477. The second kappa shape index (κ2) is 4.81. The first-order valence-electron chi connectivity index (χ1n) is 4.56. The molecule has 0 aromatic heterocycles. The highest BCUT2D eigenvalue weighted by molar-refractivity contribution is 6.36. The number of nitrogens with two attached hydrogens (primary N) is 2. The Hall–Kier alpha value is -1.81. The van der Waals surface area contributed by atoms with E-state index in [-0.39, 0.29) is 0 Å². The maximum atomic E-state index is 7.20. The molecule has 0 amide bonds. The highest BCUT2D eigenvalue weighted by Gasteiger charge is 2.08. The summed E-state index contributed by atoms with van der Waals surface area (Å²) in [6.45, 7) is 5.42. The lowest BCUT2D eigenvalue weighted by atomic mass is 10.1. The smallest absolute Gasteiger partial charge is 0.126 e. The van der Waals surface area contributed by atoms with Gasteiger partial charge in [-0.3, -0.25) is 0 Å². The molecule has 1 rings (SSSR count). The summed E-state index contributed by atoms with van der Waals surface area (Å²) in [5, 5.41) is 7.52. The molecule has 0 atom stereocenters. The summed E-state index contributed by atoms with van der Waals surface area (Å²) in [5.74, 6) is 0.308. The Morgan fingerprint density at radius 3 is 2.69 bits per heavy atom. The first-order chi connectivity index (χ1) is 7.47. The third kappa shape index (κ3) is 2.41. The summed E-state index contributed by atoms with van der Waals surface area (Å²) in [5.41, 5.74) is 13.3. The monoisotopic (exact) mass is 236 g/mol. The van der Waals surface area contributed by atoms with Crippen molar-refractivity contribution in [2.75, 3.05) is 5.73 Å². The lowest BCUT2D eigenvalue weighted by Gasteiger charge is -2.06. The molecule has 0 aliphatic heterocycles. The number of amidine groups is 1. The second-order valence-electron chi connectivity index (χ2n) is 3.32. The van der Waals surface area contributed by atoms with E-state index in [2.05, 4.69) is 11.6 Å². The molecular weight excluding hydrogens is 224 g/mol. The fourth-order valence-corrected chi connectivity index (χ4v) is 1.32. The van der Waals surface area contributed by atoms with E-state index in [4.69, 9.17) is 28.5 Å². The van der Waals surface area contributed by atoms with Crippen molar-refractivity contribution in [1.82, 2.24) is 0 Å². The van der Waals surface area contributed by atoms with Gasteiger partial charge in [-0.2, -0.15) is 0 Å². The van der Waals surface area contributed by atoms with Crippen LogP contribution in [0.4, 0.5) is 11.4 Å². The highest BCUT2D eigenvalue weighted by atomic mass is 35.5. The van der Waals surface area contributed by atoms with E-state index >= 15 is 0 Å². The van der Waals surface area contributed by atoms with Crippen molar-refractivity contribution in [2.45, 2.75) is 6.92 Å². The normalized spacial score (nSPS) is 11.2. The number of rotatable bonds is 3. The molecule has 0 fully saturated rings. The number of hydrogen-bond acceptors (Lipinski definition) is 3. The van der Waals surface area contributed by atoms with Crippen LogP contribution in [0.1, 0.15) is 12.5 Å². The predicted octanol–water partition coefficient (Wildman–Crippen LogP) is 2.48. The van der Waals surface area contributed by atoms with E-state index in [1.165, 1.54) is 0 Å². The molecule has 0 heterocycles. The van der Waals surface area contributed by atoms with Crippen LogP contribution in [0, 0.1) is 5.41 Å². The van der Waals surface area contributed by atoms with Gasteiger partial charge < -0.3 is 16.9 Å². The van der Waals surface area contributed by atoms with Crippen LogP contribution in [0.3, 0.4) is 0 Å². The summed E-state index contributed by atoms with van der Waals surface area (Å²) >= 11 is 6.04. The van der Waals surface area contributed by atoms with Gasteiger partial charge >= 0.3 is 0 Å². The molecule has 5 N–H and O–H groups in total. The summed E-state index contributed by atoms with van der Waals surface area (Å²) in [4.78, 5) is 4.11. The SMILES string of the molecule is C=C(C)C(N)=Nc1ccc(N)c(C=N)c1Cl. The zero-order chi connectivity index (χ0) is 12.3. The minimum absolute atomic E-state index is 0.308. The fourth-order valence-electron chi connectivity index (χ4n) is 1.05. The summed E-state index contributed by atoms with van der Waals surface area (Å²) < 4.78 is 0. The van der Waals surface area contributed by atoms with E-state index in [9.17, 15) is 0 Å². The van der Waals surface area contributed by atoms with Crippen LogP contribution in [0.25, 0.3) is 0 Å². The first kappa shape index (κ1) is 12.3. The van der Waals surface area contributed by atoms with Gasteiger partial charge in [-0.25, -0.2) is 4.99 Å². The topological polar surface area (TPSA) is 88.2 Å². The van der Waals surface area contributed by atoms with Gasteiger partial charge in [0.2, 0.25) is 0 Å². The summed E-state index contributed by atoms with van der Waals surface area (Å²) in [6.07, 6.45) is 1.09. The van der Waals surface area contributed by atoms with Gasteiger partial charge in [0.15, 0.2) is 0 Å². The van der Waals surface area contributed by atoms with E-state index in [1.807, 2.05) is 0 Å². The number of hydrogen-bond donors (Lipinski definition) is 3. The predicted molar refractivity (Wildman–Crippen MR) is 69.8 cm³/mol. The number of aliphatic imine (C=N–C) groups is 1. The molecule has 0 saturated heterocycles. The molecule has 0 radical (unpaired) electrons. The third-order valence-corrected chi connectivity index (χ3v) is 2.41. The number of nitrogens with one attached hydrogen (secondary N) is 1. The Morgan fingerprint density at radius 1 is 1.56 bits per heavy atom. The van der Waals surface area contributed by atoms with Gasteiger partial charge in [0.25, 0.3) is 0 Å². The lowest BCUT2D eigenvalue weighted by Crippen LogP contribution is -2.11. The Morgan fingerprint density at radius 2 is 2.19 bits per heavy atom. The zero-order valence-electron chi connectivity index (χ0n) is 8.92. The maximum Gasteiger partial charge on any atom is 0.126 e. The molecule has 16 heavy (non-hydrogen) atoms. The Balaban J connectivity index is 3.32. The standard InChI is InChI=1S/C11H13ClN4/c1-6(2)11(15)16-9-4-3-8(14)7(5-13)10(9)12/h3-5,13H,1,14H2,2H3,(H2,15,16). The number of nitrogens with zero attached hydrogens (tertiary/aromatic N) is 1. The molecule has 0 saturated carbocycles. The molecule has 1 aromatic carbocycles. The van der Waals surface area contributed by atoms with Crippen LogP contribution in [-0.4, -0.2) is 12.1 Å². The molecule has 5 heteroatoms. The molecule has 0 spiro atoms. The van der Waals surface area contributed by atoms with Gasteiger partial charge in [0.05, 0.1) is 10.7 Å². The van der Waals surface area contributed by atoms with Crippen LogP contribution in [-0.2, 0) is 0 Å². The first-order valence-corrected chi connectivity index (χ1v) is 4.93. The average molecular weight is 237 g/mol. The molecule has 1 aromatic rings. The van der Waals surface area contributed by atoms with Gasteiger partial charge in [-0.05, 0) is 24.6 Å². The van der Waals surface area contributed by atoms with Crippen molar-refractivity contribution in [2.24, 2.45) is 10.7 Å². The Kier molecular flexibility index (Phi) is 3.68. The zero-order valence-corrected chi connectivity index (χ0v) is 9.67. The minimum Gasteiger partial charge on any atom is -0.398 e. The van der Waals surface area contributed by atoms with E-state index in [1.54, 1.807) is 19.1 Å². The average Bonchev–Trinajstić information content (AvgIpc) is 2.22. The number of benzene rings is 1. The van der Waals surface area contributed by atoms with Gasteiger partial charge in [-0.15, -0.1) is 0 Å². The van der Waals surface area contributed by atoms with Crippen LogP contribution >= 0.6 is 11.6 Å². The molecule has 0 bridgehead atoms. The number of nitrogen functional groups attached to an aromatic ring is 1. The van der Waals surface area contributed by atoms with Crippen molar-refractivity contribution in [3.8, 4) is 0 Å². The maximum absolute atomic E-state index is 7.20. The third-order valence-electron chi connectivity index (χ3n) is 2.02. The second-order valence-corrected chi connectivity index (χ2v) is 3.70. The fraction of sp³-hybridized carbons (Fsp3) is 0.0909. The Labute approximate surface area is 99.1 Å². The molecule has 0 aliphatic carbocycles. The van der Waals surface area contributed by atoms with Crippen LogP contribution < -0.4 is 11.5 Å². The summed E-state index contributed by atoms with van der Waals surface area (Å²) in [7, 11) is 0. The highest BCUT2D eigenvalue weighted by Crippen LogP contribution is 2.31. The molecule has 84 valence electrons. The van der Waals surface area contributed by atoms with Gasteiger partial charge in [0, 0.05) is 17.5 Å². The molecule has 0 aliphatic rings. The molecular formula is C11H13ClN4. The van der Waals surface area contributed by atoms with Crippen molar-refractivity contribution >= 4 is 35.0 Å². The summed E-state index contributed by atoms with van der Waals surface area (Å²) in [6, 6.07) is 3.29. The van der Waals surface area contributed by atoms with Crippen LogP contribution in [0.15, 0.2) is 29.3 Å². The largest absolute Gasteiger partial charge is 0.398 e. The van der Waals surface area contributed by atoms with Crippen molar-refractivity contribution in [3.05, 3.63) is 34.9 Å². The van der Waals surface area contributed by atoms with Crippen LogP contribution in [0.2, 0.25) is 5.02 Å². The van der Waals surface area contributed by atoms with Gasteiger partial charge in [0.1, 0.15) is 5.84 Å². The van der Waals surface area contributed by atoms with E-state index in [0.717, 1.165) is 6.21 Å². The van der Waals surface area contributed by atoms with Crippen molar-refractivity contribution < 1.29 is 0 Å². The number of halogens is 1. The van der Waals surface area contributed by atoms with Crippen molar-refractivity contribution in [3.63, 3.8) is 0 Å². The van der Waals surface area contributed by atoms with E-state index < -0.39 is 0 Å². The van der Waals surface area contributed by atoms with Crippen molar-refractivity contribution in [1.29, 1.82) is 5.41 Å². The van der Waals surface area contributed by atoms with Gasteiger partial charge in [-0.1, -0.05) is 18.2 Å². The molecule has 4 nitrogen and oxygen atoms in total. The lowest BCUT2D eigenvalue weighted by molar-refractivity contribution is 1.42. The number of anilines is 1. The molecule has 0 unspecified atom stereocenters. The quantitative estimate of drug-likeness (QED) is 0.428. The van der Waals surface area contributed by atoms with E-state index in [0.29, 0.717) is 33.4 Å². The minimum atomic E-state index is 0.308. The van der Waals surface area contributed by atoms with Crippen LogP contribution in [0.5, 0.6) is 0 Å².